The summed E-state index contributed by atoms with van der Waals surface area (Å²) in [5, 5.41) is 18.0. The van der Waals surface area contributed by atoms with Crippen molar-refractivity contribution in [2.24, 2.45) is 5.92 Å². The predicted molar refractivity (Wildman–Crippen MR) is 87.7 cm³/mol. The molecule has 0 radical (unpaired) electrons. The number of likely N-dealkylation sites (N-methyl/N-ethyl adjacent to an activating group) is 1. The van der Waals surface area contributed by atoms with Gasteiger partial charge in [0.2, 0.25) is 11.6 Å². The SMILES string of the molecule is CN1C(=CC2C(=O)C(=O)C2=C(C#N)C#N)C(C)(C)c2ccccc21. The maximum Gasteiger partial charge on any atom is 0.228 e. The van der Waals surface area contributed by atoms with Crippen molar-refractivity contribution in [3.05, 3.63) is 52.7 Å². The average Bonchev–Trinajstić information content (AvgIpc) is 2.78. The zero-order valence-electron chi connectivity index (χ0n) is 13.6. The van der Waals surface area contributed by atoms with Gasteiger partial charge < -0.3 is 4.90 Å². The Labute approximate surface area is 140 Å². The van der Waals surface area contributed by atoms with E-state index < -0.39 is 17.5 Å². The summed E-state index contributed by atoms with van der Waals surface area (Å²) in [5.74, 6) is -2.12. The summed E-state index contributed by atoms with van der Waals surface area (Å²) in [7, 11) is 1.91. The Morgan fingerprint density at radius 1 is 1.21 bits per heavy atom. The van der Waals surface area contributed by atoms with E-state index in [1.807, 2.05) is 50.1 Å². The Balaban J connectivity index is 2.12. The molecule has 1 aromatic rings. The lowest BCUT2D eigenvalue weighted by Gasteiger charge is -2.29. The molecule has 0 saturated heterocycles. The molecule has 1 fully saturated rings. The number of para-hydroxylation sites is 1. The molecular weight excluding hydrogens is 302 g/mol. The topological polar surface area (TPSA) is 85.0 Å². The zero-order valence-corrected chi connectivity index (χ0v) is 13.6. The van der Waals surface area contributed by atoms with Gasteiger partial charge in [-0.3, -0.25) is 9.59 Å². The molecule has 1 aromatic carbocycles. The highest BCUT2D eigenvalue weighted by molar-refractivity contribution is 6.54. The summed E-state index contributed by atoms with van der Waals surface area (Å²) in [6.07, 6.45) is 1.72. The minimum absolute atomic E-state index is 0.0117. The van der Waals surface area contributed by atoms with E-state index in [1.165, 1.54) is 0 Å². The smallest absolute Gasteiger partial charge is 0.228 e. The number of anilines is 1. The molecule has 24 heavy (non-hydrogen) atoms. The molecule has 1 heterocycles. The second-order valence-corrected chi connectivity index (χ2v) is 6.44. The summed E-state index contributed by atoms with van der Waals surface area (Å²) < 4.78 is 0. The monoisotopic (exact) mass is 317 g/mol. The number of fused-ring (bicyclic) bond motifs is 1. The number of ketones is 2. The molecule has 5 heteroatoms. The fraction of sp³-hybridized carbons (Fsp3) is 0.263. The Kier molecular flexibility index (Phi) is 3.39. The van der Waals surface area contributed by atoms with Crippen LogP contribution in [0, 0.1) is 28.6 Å². The third-order valence-electron chi connectivity index (χ3n) is 4.82. The van der Waals surface area contributed by atoms with E-state index in [-0.39, 0.29) is 16.6 Å². The molecule has 1 atom stereocenters. The summed E-state index contributed by atoms with van der Waals surface area (Å²) in [4.78, 5) is 25.8. The highest BCUT2D eigenvalue weighted by atomic mass is 16.2. The first-order valence-corrected chi connectivity index (χ1v) is 7.53. The van der Waals surface area contributed by atoms with Crippen LogP contribution in [0.25, 0.3) is 0 Å². The molecule has 3 rings (SSSR count). The summed E-state index contributed by atoms with van der Waals surface area (Å²) in [5.41, 5.74) is 2.44. The summed E-state index contributed by atoms with van der Waals surface area (Å²) in [6.45, 7) is 4.09. The van der Waals surface area contributed by atoms with Gasteiger partial charge in [-0.05, 0) is 17.7 Å². The van der Waals surface area contributed by atoms with Crippen LogP contribution in [0.2, 0.25) is 0 Å². The van der Waals surface area contributed by atoms with Crippen LogP contribution in [0.1, 0.15) is 19.4 Å². The van der Waals surface area contributed by atoms with Gasteiger partial charge in [-0.25, -0.2) is 0 Å². The minimum Gasteiger partial charge on any atom is -0.347 e. The van der Waals surface area contributed by atoms with E-state index >= 15 is 0 Å². The van der Waals surface area contributed by atoms with Crippen LogP contribution in [0.15, 0.2) is 47.2 Å². The van der Waals surface area contributed by atoms with Crippen LogP contribution in [-0.4, -0.2) is 18.6 Å². The maximum atomic E-state index is 12.0. The van der Waals surface area contributed by atoms with Gasteiger partial charge in [-0.15, -0.1) is 0 Å². The molecule has 5 nitrogen and oxygen atoms in total. The van der Waals surface area contributed by atoms with Gasteiger partial charge in [0.05, 0.1) is 5.92 Å². The van der Waals surface area contributed by atoms with Crippen molar-refractivity contribution in [2.45, 2.75) is 19.3 Å². The normalized spacial score (nSPS) is 22.7. The van der Waals surface area contributed by atoms with E-state index in [0.29, 0.717) is 0 Å². The number of nitrogens with zero attached hydrogens (tertiary/aromatic N) is 3. The first-order chi connectivity index (χ1) is 11.3. The van der Waals surface area contributed by atoms with Gasteiger partial charge >= 0.3 is 0 Å². The maximum absolute atomic E-state index is 12.0. The summed E-state index contributed by atoms with van der Waals surface area (Å²) >= 11 is 0. The zero-order chi connectivity index (χ0) is 17.6. The van der Waals surface area contributed by atoms with Crippen molar-refractivity contribution >= 4 is 17.3 Å². The number of Topliss-reactive ketones (excluding diaryl/α,β-unsaturated/α-hetero) is 2. The molecule has 1 aliphatic carbocycles. The van der Waals surface area contributed by atoms with Crippen molar-refractivity contribution in [1.29, 1.82) is 10.5 Å². The van der Waals surface area contributed by atoms with Gasteiger partial charge in [0.25, 0.3) is 0 Å². The lowest BCUT2D eigenvalue weighted by molar-refractivity contribution is -0.140. The van der Waals surface area contributed by atoms with Crippen LogP contribution in [0.5, 0.6) is 0 Å². The highest BCUT2D eigenvalue weighted by Crippen LogP contribution is 2.48. The van der Waals surface area contributed by atoms with Crippen molar-refractivity contribution in [3.63, 3.8) is 0 Å². The molecule has 0 spiro atoms. The van der Waals surface area contributed by atoms with E-state index in [1.54, 1.807) is 18.2 Å². The number of hydrogen-bond donors (Lipinski definition) is 0. The fourth-order valence-corrected chi connectivity index (χ4v) is 3.50. The number of hydrogen-bond acceptors (Lipinski definition) is 5. The van der Waals surface area contributed by atoms with Crippen molar-refractivity contribution < 1.29 is 9.59 Å². The van der Waals surface area contributed by atoms with Crippen molar-refractivity contribution in [1.82, 2.24) is 0 Å². The quantitative estimate of drug-likeness (QED) is 0.451. The first-order valence-electron chi connectivity index (χ1n) is 7.53. The second kappa shape index (κ2) is 5.18. The second-order valence-electron chi connectivity index (χ2n) is 6.44. The summed E-state index contributed by atoms with van der Waals surface area (Å²) in [6, 6.07) is 11.4. The molecule has 1 aliphatic heterocycles. The van der Waals surface area contributed by atoms with Crippen LogP contribution >= 0.6 is 0 Å². The van der Waals surface area contributed by atoms with Crippen LogP contribution in [-0.2, 0) is 15.0 Å². The molecule has 0 aromatic heterocycles. The van der Waals surface area contributed by atoms with E-state index in [4.69, 9.17) is 10.5 Å². The number of allylic oxidation sites excluding steroid dienone is 4. The van der Waals surface area contributed by atoms with E-state index in [9.17, 15) is 9.59 Å². The molecular formula is C19H15N3O2. The lowest BCUT2D eigenvalue weighted by atomic mass is 9.72. The van der Waals surface area contributed by atoms with Crippen molar-refractivity contribution in [2.75, 3.05) is 11.9 Å². The molecule has 0 amide bonds. The number of carbonyl (C=O) groups excluding carboxylic acids is 2. The minimum atomic E-state index is -0.821. The molecule has 1 unspecified atom stereocenters. The predicted octanol–water partition coefficient (Wildman–Crippen LogP) is 2.41. The van der Waals surface area contributed by atoms with Gasteiger partial charge in [0, 0.05) is 29.4 Å². The Bertz CT molecular complexity index is 907. The number of rotatable bonds is 1. The van der Waals surface area contributed by atoms with Crippen LogP contribution in [0.4, 0.5) is 5.69 Å². The number of carbonyl (C=O) groups is 2. The Morgan fingerprint density at radius 3 is 2.42 bits per heavy atom. The Hall–Kier alpha value is -3.18. The number of nitriles is 2. The number of benzene rings is 1. The Morgan fingerprint density at radius 2 is 1.83 bits per heavy atom. The first kappa shape index (κ1) is 15.7. The van der Waals surface area contributed by atoms with Gasteiger partial charge in [-0.1, -0.05) is 32.0 Å². The average molecular weight is 317 g/mol. The van der Waals surface area contributed by atoms with Gasteiger partial charge in [0.15, 0.2) is 0 Å². The third-order valence-corrected chi connectivity index (χ3v) is 4.82. The molecule has 0 bridgehead atoms. The van der Waals surface area contributed by atoms with Crippen LogP contribution in [0.3, 0.4) is 0 Å². The van der Waals surface area contributed by atoms with Gasteiger partial charge in [-0.2, -0.15) is 10.5 Å². The molecule has 2 aliphatic rings. The third kappa shape index (κ3) is 1.92. The van der Waals surface area contributed by atoms with E-state index in [0.717, 1.165) is 16.9 Å². The van der Waals surface area contributed by atoms with Crippen molar-refractivity contribution in [3.8, 4) is 12.1 Å². The highest BCUT2D eigenvalue weighted by Gasteiger charge is 2.47. The molecule has 1 saturated carbocycles. The van der Waals surface area contributed by atoms with E-state index in [2.05, 4.69) is 0 Å². The fourth-order valence-electron chi connectivity index (χ4n) is 3.50. The van der Waals surface area contributed by atoms with Gasteiger partial charge in [0.1, 0.15) is 17.7 Å². The largest absolute Gasteiger partial charge is 0.347 e. The van der Waals surface area contributed by atoms with Crippen LogP contribution < -0.4 is 4.90 Å². The molecule has 118 valence electrons. The lowest BCUT2D eigenvalue weighted by Crippen LogP contribution is -2.42. The standard InChI is InChI=1S/C19H15N3O2/c1-19(2)13-6-4-5-7-14(13)22(3)15(19)8-12-16(11(9-20)10-21)18(24)17(12)23/h4-8,12H,1-3H3. The molecule has 0 N–H and O–H groups in total.